The highest BCUT2D eigenvalue weighted by Gasteiger charge is 2.14. The van der Waals surface area contributed by atoms with Crippen LogP contribution < -0.4 is 15.4 Å². The summed E-state index contributed by atoms with van der Waals surface area (Å²) in [4.78, 5) is 23.7. The molecule has 0 aromatic heterocycles. The van der Waals surface area contributed by atoms with Crippen molar-refractivity contribution in [3.05, 3.63) is 59.2 Å². The molecule has 3 rings (SSSR count). The third-order valence-electron chi connectivity index (χ3n) is 3.86. The number of amides is 2. The van der Waals surface area contributed by atoms with Crippen LogP contribution in [-0.2, 0) is 11.2 Å². The number of rotatable bonds is 4. The highest BCUT2D eigenvalue weighted by Crippen LogP contribution is 2.28. The van der Waals surface area contributed by atoms with E-state index in [1.54, 1.807) is 24.3 Å². The second-order valence-corrected chi connectivity index (χ2v) is 5.68. The first-order valence-electron chi connectivity index (χ1n) is 7.99. The van der Waals surface area contributed by atoms with Crippen LogP contribution in [0, 0.1) is 11.3 Å². The molecule has 2 aromatic rings. The largest absolute Gasteiger partial charge is 0.491 e. The Kier molecular flexibility index (Phi) is 4.95. The number of anilines is 1. The number of hydrogen-bond acceptors (Lipinski definition) is 4. The average molecular weight is 335 g/mol. The first kappa shape index (κ1) is 16.5. The van der Waals surface area contributed by atoms with Gasteiger partial charge in [0.25, 0.3) is 5.91 Å². The Morgan fingerprint density at radius 2 is 2.16 bits per heavy atom. The van der Waals surface area contributed by atoms with Crippen LogP contribution in [0.3, 0.4) is 0 Å². The number of carbonyl (C=O) groups is 2. The molecule has 1 heterocycles. The van der Waals surface area contributed by atoms with E-state index in [9.17, 15) is 9.59 Å². The van der Waals surface area contributed by atoms with Gasteiger partial charge in [-0.15, -0.1) is 0 Å². The van der Waals surface area contributed by atoms with Gasteiger partial charge in [0.1, 0.15) is 5.75 Å². The standard InChI is InChI=1S/C19H17N3O3/c20-12-14-2-1-3-15(10-14)19(24)21-8-6-13-4-5-17-16(11-13)22-18(23)7-9-25-17/h1-5,10-11H,6-9H2,(H,21,24)(H,22,23). The van der Waals surface area contributed by atoms with Gasteiger partial charge in [0, 0.05) is 12.1 Å². The fraction of sp³-hybridized carbons (Fsp3) is 0.211. The maximum atomic E-state index is 12.1. The lowest BCUT2D eigenvalue weighted by Gasteiger charge is -2.10. The Balaban J connectivity index is 1.59. The molecule has 25 heavy (non-hydrogen) atoms. The Hall–Kier alpha value is -3.33. The van der Waals surface area contributed by atoms with Crippen LogP contribution in [0.2, 0.25) is 0 Å². The van der Waals surface area contributed by atoms with Crippen molar-refractivity contribution in [1.29, 1.82) is 5.26 Å². The summed E-state index contributed by atoms with van der Waals surface area (Å²) in [7, 11) is 0. The molecule has 0 atom stereocenters. The molecule has 1 aliphatic heterocycles. The van der Waals surface area contributed by atoms with Gasteiger partial charge in [-0.05, 0) is 42.3 Å². The number of ether oxygens (including phenoxy) is 1. The third kappa shape index (κ3) is 4.15. The molecule has 126 valence electrons. The van der Waals surface area contributed by atoms with Crippen molar-refractivity contribution in [2.24, 2.45) is 0 Å². The van der Waals surface area contributed by atoms with Crippen molar-refractivity contribution in [1.82, 2.24) is 5.32 Å². The molecule has 0 aliphatic carbocycles. The van der Waals surface area contributed by atoms with Gasteiger partial charge in [0.2, 0.25) is 5.91 Å². The van der Waals surface area contributed by atoms with Crippen LogP contribution in [0.25, 0.3) is 0 Å². The lowest BCUT2D eigenvalue weighted by Crippen LogP contribution is -2.25. The summed E-state index contributed by atoms with van der Waals surface area (Å²) in [6.45, 7) is 0.819. The van der Waals surface area contributed by atoms with Crippen molar-refractivity contribution >= 4 is 17.5 Å². The minimum Gasteiger partial charge on any atom is -0.491 e. The number of benzene rings is 2. The zero-order valence-corrected chi connectivity index (χ0v) is 13.5. The first-order chi connectivity index (χ1) is 12.2. The molecule has 2 amide bonds. The van der Waals surface area contributed by atoms with E-state index in [1.165, 1.54) is 0 Å². The number of nitrogens with zero attached hydrogens (tertiary/aromatic N) is 1. The summed E-state index contributed by atoms with van der Waals surface area (Å²) in [5.41, 5.74) is 2.56. The van der Waals surface area contributed by atoms with Gasteiger partial charge in [-0.3, -0.25) is 9.59 Å². The van der Waals surface area contributed by atoms with Gasteiger partial charge in [-0.25, -0.2) is 0 Å². The lowest BCUT2D eigenvalue weighted by molar-refractivity contribution is -0.116. The smallest absolute Gasteiger partial charge is 0.251 e. The first-order valence-corrected chi connectivity index (χ1v) is 7.99. The maximum absolute atomic E-state index is 12.1. The fourth-order valence-electron chi connectivity index (χ4n) is 2.57. The summed E-state index contributed by atoms with van der Waals surface area (Å²) in [6, 6.07) is 14.2. The topological polar surface area (TPSA) is 91.2 Å². The molecule has 0 saturated heterocycles. The van der Waals surface area contributed by atoms with E-state index in [-0.39, 0.29) is 11.8 Å². The Bertz CT molecular complexity index is 855. The van der Waals surface area contributed by atoms with Gasteiger partial charge in [-0.1, -0.05) is 12.1 Å². The van der Waals surface area contributed by atoms with E-state index in [0.29, 0.717) is 48.6 Å². The van der Waals surface area contributed by atoms with E-state index < -0.39 is 0 Å². The van der Waals surface area contributed by atoms with Crippen molar-refractivity contribution in [3.63, 3.8) is 0 Å². The second kappa shape index (κ2) is 7.49. The molecule has 0 saturated carbocycles. The van der Waals surface area contributed by atoms with Gasteiger partial charge < -0.3 is 15.4 Å². The zero-order valence-electron chi connectivity index (χ0n) is 13.5. The molecule has 0 fully saturated rings. The van der Waals surface area contributed by atoms with E-state index in [1.807, 2.05) is 24.3 Å². The van der Waals surface area contributed by atoms with E-state index in [4.69, 9.17) is 10.00 Å². The molecular weight excluding hydrogens is 318 g/mol. The molecule has 6 heteroatoms. The minimum absolute atomic E-state index is 0.0680. The summed E-state index contributed by atoms with van der Waals surface area (Å²) in [5, 5.41) is 14.5. The van der Waals surface area contributed by atoms with E-state index in [2.05, 4.69) is 10.6 Å². The summed E-state index contributed by atoms with van der Waals surface area (Å²) in [5.74, 6) is 0.372. The van der Waals surface area contributed by atoms with Crippen molar-refractivity contribution in [2.45, 2.75) is 12.8 Å². The quantitative estimate of drug-likeness (QED) is 0.896. The van der Waals surface area contributed by atoms with E-state index in [0.717, 1.165) is 5.56 Å². The summed E-state index contributed by atoms with van der Waals surface area (Å²) >= 11 is 0. The maximum Gasteiger partial charge on any atom is 0.251 e. The molecule has 2 N–H and O–H groups in total. The molecular formula is C19H17N3O3. The molecule has 2 aromatic carbocycles. The Morgan fingerprint density at radius 3 is 3.00 bits per heavy atom. The number of hydrogen-bond donors (Lipinski definition) is 2. The molecule has 0 unspecified atom stereocenters. The second-order valence-electron chi connectivity index (χ2n) is 5.68. The highest BCUT2D eigenvalue weighted by atomic mass is 16.5. The summed E-state index contributed by atoms with van der Waals surface area (Å²) in [6.07, 6.45) is 0.953. The molecule has 0 radical (unpaired) electrons. The molecule has 1 aliphatic rings. The highest BCUT2D eigenvalue weighted by molar-refractivity contribution is 5.94. The van der Waals surface area contributed by atoms with Crippen molar-refractivity contribution in [2.75, 3.05) is 18.5 Å². The van der Waals surface area contributed by atoms with Gasteiger partial charge >= 0.3 is 0 Å². The Morgan fingerprint density at radius 1 is 1.28 bits per heavy atom. The Labute approximate surface area is 145 Å². The lowest BCUT2D eigenvalue weighted by atomic mass is 10.1. The SMILES string of the molecule is N#Cc1cccc(C(=O)NCCc2ccc3c(c2)NC(=O)CCO3)c1. The van der Waals surface area contributed by atoms with Gasteiger partial charge in [0.05, 0.1) is 30.3 Å². The molecule has 0 bridgehead atoms. The van der Waals surface area contributed by atoms with Crippen LogP contribution >= 0.6 is 0 Å². The van der Waals surface area contributed by atoms with Gasteiger partial charge in [0.15, 0.2) is 0 Å². The van der Waals surface area contributed by atoms with Gasteiger partial charge in [-0.2, -0.15) is 5.26 Å². The number of nitrogens with one attached hydrogen (secondary N) is 2. The number of fused-ring (bicyclic) bond motifs is 1. The summed E-state index contributed by atoms with van der Waals surface area (Å²) < 4.78 is 5.52. The molecule has 6 nitrogen and oxygen atoms in total. The molecule has 0 spiro atoms. The minimum atomic E-state index is -0.219. The number of carbonyl (C=O) groups excluding carboxylic acids is 2. The predicted molar refractivity (Wildman–Crippen MR) is 92.4 cm³/mol. The van der Waals surface area contributed by atoms with Crippen molar-refractivity contribution in [3.8, 4) is 11.8 Å². The van der Waals surface area contributed by atoms with Crippen molar-refractivity contribution < 1.29 is 14.3 Å². The van der Waals surface area contributed by atoms with Crippen LogP contribution in [0.15, 0.2) is 42.5 Å². The average Bonchev–Trinajstić information content (AvgIpc) is 2.81. The van der Waals surface area contributed by atoms with E-state index >= 15 is 0 Å². The van der Waals surface area contributed by atoms with Crippen LogP contribution in [0.1, 0.15) is 27.9 Å². The zero-order chi connectivity index (χ0) is 17.6. The van der Waals surface area contributed by atoms with Crippen LogP contribution in [0.4, 0.5) is 5.69 Å². The monoisotopic (exact) mass is 335 g/mol. The van der Waals surface area contributed by atoms with Crippen LogP contribution in [-0.4, -0.2) is 25.0 Å². The predicted octanol–water partition coefficient (Wildman–Crippen LogP) is 2.25. The van der Waals surface area contributed by atoms with Crippen LogP contribution in [0.5, 0.6) is 5.75 Å². The fourth-order valence-corrected chi connectivity index (χ4v) is 2.57. The normalized spacial score (nSPS) is 12.8. The third-order valence-corrected chi connectivity index (χ3v) is 3.86. The number of nitriles is 1.